The third-order valence-corrected chi connectivity index (χ3v) is 4.01. The summed E-state index contributed by atoms with van der Waals surface area (Å²) >= 11 is 3.59. The number of hydrogen-bond acceptors (Lipinski definition) is 2. The van der Waals surface area contributed by atoms with Crippen LogP contribution in [0.3, 0.4) is 0 Å². The number of benzene rings is 1. The van der Waals surface area contributed by atoms with E-state index in [1.54, 1.807) is 18.2 Å². The lowest BCUT2D eigenvalue weighted by atomic mass is 10.1. The second-order valence-electron chi connectivity index (χ2n) is 4.50. The van der Waals surface area contributed by atoms with Crippen LogP contribution in [0.4, 0.5) is 0 Å². The van der Waals surface area contributed by atoms with Crippen LogP contribution in [0.1, 0.15) is 29.6 Å². The van der Waals surface area contributed by atoms with Crippen molar-refractivity contribution < 1.29 is 9.90 Å². The number of rotatable bonds is 3. The lowest BCUT2D eigenvalue weighted by molar-refractivity contribution is 0.0945. The highest BCUT2D eigenvalue weighted by Crippen LogP contribution is 2.30. The Labute approximate surface area is 109 Å². The Morgan fingerprint density at radius 3 is 2.82 bits per heavy atom. The molecule has 0 aliphatic heterocycles. The molecule has 1 amide bonds. The minimum atomic E-state index is -0.193. The van der Waals surface area contributed by atoms with Gasteiger partial charge in [-0.1, -0.05) is 28.1 Å². The van der Waals surface area contributed by atoms with E-state index in [9.17, 15) is 9.90 Å². The zero-order valence-electron chi connectivity index (χ0n) is 9.53. The molecule has 2 unspecified atom stereocenters. The topological polar surface area (TPSA) is 49.3 Å². The maximum atomic E-state index is 11.8. The zero-order chi connectivity index (χ0) is 12.3. The average Bonchev–Trinajstić information content (AvgIpc) is 2.73. The molecule has 2 atom stereocenters. The lowest BCUT2D eigenvalue weighted by Crippen LogP contribution is -2.28. The molecule has 1 aromatic carbocycles. The number of para-hydroxylation sites is 1. The van der Waals surface area contributed by atoms with E-state index in [1.165, 1.54) is 12.5 Å². The summed E-state index contributed by atoms with van der Waals surface area (Å²) in [6, 6.07) is 6.61. The summed E-state index contributed by atoms with van der Waals surface area (Å²) in [5.74, 6) is 0.394. The molecule has 0 spiro atoms. The predicted octanol–water partition coefficient (Wildman–Crippen LogP) is 2.69. The molecule has 2 rings (SSSR count). The fourth-order valence-corrected chi connectivity index (χ4v) is 2.99. The zero-order valence-corrected chi connectivity index (χ0v) is 11.1. The van der Waals surface area contributed by atoms with E-state index in [-0.39, 0.29) is 11.7 Å². The first-order chi connectivity index (χ1) is 8.16. The normalized spacial score (nSPS) is 23.6. The Bertz CT molecular complexity index is 408. The number of carbonyl (C=O) groups is 1. The van der Waals surface area contributed by atoms with E-state index in [0.29, 0.717) is 22.9 Å². The summed E-state index contributed by atoms with van der Waals surface area (Å²) in [4.78, 5) is 12.4. The van der Waals surface area contributed by atoms with Gasteiger partial charge in [-0.05, 0) is 37.3 Å². The molecule has 1 aromatic rings. The molecule has 1 aliphatic rings. The molecule has 1 fully saturated rings. The van der Waals surface area contributed by atoms with E-state index in [1.807, 2.05) is 0 Å². The summed E-state index contributed by atoms with van der Waals surface area (Å²) in [5.41, 5.74) is 0.348. The van der Waals surface area contributed by atoms with Crippen LogP contribution >= 0.6 is 15.9 Å². The number of carbonyl (C=O) groups excluding carboxylic acids is 1. The van der Waals surface area contributed by atoms with Gasteiger partial charge in [0.15, 0.2) is 0 Å². The average molecular weight is 298 g/mol. The number of hydrogen-bond donors (Lipinski definition) is 2. The third kappa shape index (κ3) is 3.22. The molecule has 92 valence electrons. The summed E-state index contributed by atoms with van der Waals surface area (Å²) < 4.78 is 0. The van der Waals surface area contributed by atoms with E-state index >= 15 is 0 Å². The number of halogens is 1. The molecule has 0 bridgehead atoms. The number of amides is 1. The maximum Gasteiger partial charge on any atom is 0.255 e. The highest BCUT2D eigenvalue weighted by Gasteiger charge is 2.23. The van der Waals surface area contributed by atoms with Crippen molar-refractivity contribution in [1.82, 2.24) is 5.32 Å². The molecule has 0 heterocycles. The van der Waals surface area contributed by atoms with Gasteiger partial charge in [-0.2, -0.15) is 0 Å². The smallest absolute Gasteiger partial charge is 0.255 e. The van der Waals surface area contributed by atoms with E-state index in [4.69, 9.17) is 0 Å². The first-order valence-corrected chi connectivity index (χ1v) is 6.78. The van der Waals surface area contributed by atoms with Gasteiger partial charge in [0, 0.05) is 11.4 Å². The number of aromatic hydroxyl groups is 1. The molecule has 0 saturated heterocycles. The molecular weight excluding hydrogens is 282 g/mol. The van der Waals surface area contributed by atoms with Gasteiger partial charge in [-0.25, -0.2) is 0 Å². The van der Waals surface area contributed by atoms with Crippen LogP contribution in [-0.2, 0) is 0 Å². The van der Waals surface area contributed by atoms with Gasteiger partial charge >= 0.3 is 0 Å². The molecule has 0 radical (unpaired) electrons. The standard InChI is InChI=1S/C13H16BrNO2/c14-10-6-5-9(7-10)8-15-13(17)11-3-1-2-4-12(11)16/h1-4,9-10,16H,5-8H2,(H,15,17). The van der Waals surface area contributed by atoms with Gasteiger partial charge in [0.25, 0.3) is 5.91 Å². The molecular formula is C13H16BrNO2. The predicted molar refractivity (Wildman–Crippen MR) is 70.5 cm³/mol. The molecule has 4 heteroatoms. The fourth-order valence-electron chi connectivity index (χ4n) is 2.20. The number of phenolic OH excluding ortho intramolecular Hbond substituents is 1. The van der Waals surface area contributed by atoms with E-state index in [2.05, 4.69) is 21.2 Å². The summed E-state index contributed by atoms with van der Waals surface area (Å²) in [6.07, 6.45) is 3.44. The van der Waals surface area contributed by atoms with Gasteiger partial charge in [0.05, 0.1) is 5.56 Å². The molecule has 2 N–H and O–H groups in total. The van der Waals surface area contributed by atoms with Gasteiger partial charge in [-0.15, -0.1) is 0 Å². The van der Waals surface area contributed by atoms with Gasteiger partial charge < -0.3 is 10.4 Å². The molecule has 17 heavy (non-hydrogen) atoms. The van der Waals surface area contributed by atoms with Crippen molar-refractivity contribution in [3.8, 4) is 5.75 Å². The lowest BCUT2D eigenvalue weighted by Gasteiger charge is -2.11. The van der Waals surface area contributed by atoms with Crippen molar-refractivity contribution in [1.29, 1.82) is 0 Å². The second-order valence-corrected chi connectivity index (χ2v) is 5.80. The summed E-state index contributed by atoms with van der Waals surface area (Å²) in [5, 5.41) is 12.4. The van der Waals surface area contributed by atoms with Crippen LogP contribution in [0.15, 0.2) is 24.3 Å². The number of phenols is 1. The maximum absolute atomic E-state index is 11.8. The quantitative estimate of drug-likeness (QED) is 0.843. The van der Waals surface area contributed by atoms with Crippen molar-refractivity contribution in [2.45, 2.75) is 24.1 Å². The Morgan fingerprint density at radius 2 is 2.18 bits per heavy atom. The van der Waals surface area contributed by atoms with E-state index in [0.717, 1.165) is 12.8 Å². The van der Waals surface area contributed by atoms with Crippen molar-refractivity contribution in [3.63, 3.8) is 0 Å². The Hall–Kier alpha value is -1.03. The van der Waals surface area contributed by atoms with Crippen molar-refractivity contribution >= 4 is 21.8 Å². The SMILES string of the molecule is O=C(NCC1CCC(Br)C1)c1ccccc1O. The fraction of sp³-hybridized carbons (Fsp3) is 0.462. The molecule has 1 saturated carbocycles. The monoisotopic (exact) mass is 297 g/mol. The second kappa shape index (κ2) is 5.54. The van der Waals surface area contributed by atoms with Crippen LogP contribution in [0, 0.1) is 5.92 Å². The summed E-state index contributed by atoms with van der Waals surface area (Å²) in [6.45, 7) is 0.690. The van der Waals surface area contributed by atoms with Crippen molar-refractivity contribution in [2.75, 3.05) is 6.54 Å². The minimum absolute atomic E-state index is 0.0368. The third-order valence-electron chi connectivity index (χ3n) is 3.18. The largest absolute Gasteiger partial charge is 0.507 e. The summed E-state index contributed by atoms with van der Waals surface area (Å²) in [7, 11) is 0. The van der Waals surface area contributed by atoms with Gasteiger partial charge in [-0.3, -0.25) is 4.79 Å². The van der Waals surface area contributed by atoms with Gasteiger partial charge in [0.1, 0.15) is 5.75 Å². The Balaban J connectivity index is 1.88. The minimum Gasteiger partial charge on any atom is -0.507 e. The van der Waals surface area contributed by atoms with Crippen molar-refractivity contribution in [2.24, 2.45) is 5.92 Å². The van der Waals surface area contributed by atoms with Crippen LogP contribution in [0.2, 0.25) is 0 Å². The molecule has 0 aromatic heterocycles. The molecule has 1 aliphatic carbocycles. The number of nitrogens with one attached hydrogen (secondary N) is 1. The molecule has 3 nitrogen and oxygen atoms in total. The highest BCUT2D eigenvalue weighted by molar-refractivity contribution is 9.09. The first kappa shape index (κ1) is 12.4. The Kier molecular flexibility index (Phi) is 4.05. The van der Waals surface area contributed by atoms with Crippen LogP contribution in [0.25, 0.3) is 0 Å². The first-order valence-electron chi connectivity index (χ1n) is 5.87. The van der Waals surface area contributed by atoms with Crippen LogP contribution in [0.5, 0.6) is 5.75 Å². The van der Waals surface area contributed by atoms with Crippen molar-refractivity contribution in [3.05, 3.63) is 29.8 Å². The Morgan fingerprint density at radius 1 is 1.41 bits per heavy atom. The van der Waals surface area contributed by atoms with Gasteiger partial charge in [0.2, 0.25) is 0 Å². The van der Waals surface area contributed by atoms with Crippen LogP contribution in [-0.4, -0.2) is 22.4 Å². The van der Waals surface area contributed by atoms with E-state index < -0.39 is 0 Å². The van der Waals surface area contributed by atoms with Crippen LogP contribution < -0.4 is 5.32 Å². The number of alkyl halides is 1. The highest BCUT2D eigenvalue weighted by atomic mass is 79.9.